The van der Waals surface area contributed by atoms with Crippen LogP contribution in [0.2, 0.25) is 18.1 Å². The summed E-state index contributed by atoms with van der Waals surface area (Å²) in [5.74, 6) is 0. The summed E-state index contributed by atoms with van der Waals surface area (Å²) in [7, 11) is -1.65. The Morgan fingerprint density at radius 2 is 1.50 bits per heavy atom. The molecule has 2 rings (SSSR count). The van der Waals surface area contributed by atoms with Gasteiger partial charge in [0.25, 0.3) is 0 Å². The van der Waals surface area contributed by atoms with Crippen LogP contribution in [0.5, 0.6) is 0 Å². The number of hydrogen-bond donors (Lipinski definition) is 0. The Bertz CT molecular complexity index is 491. The molecule has 0 bridgehead atoms. The van der Waals surface area contributed by atoms with Gasteiger partial charge < -0.3 is 4.43 Å². The second kappa shape index (κ2) is 6.10. The molecule has 1 aliphatic rings. The first-order chi connectivity index (χ1) is 10.0. The summed E-state index contributed by atoms with van der Waals surface area (Å²) in [5, 5.41) is 0.285. The second-order valence-corrected chi connectivity index (χ2v) is 13.9. The fourth-order valence-corrected chi connectivity index (χ4v) is 3.94. The van der Waals surface area contributed by atoms with Gasteiger partial charge in [-0.2, -0.15) is 0 Å². The van der Waals surface area contributed by atoms with Gasteiger partial charge in [0, 0.05) is 26.2 Å². The second-order valence-electron chi connectivity index (χ2n) is 9.13. The highest BCUT2D eigenvalue weighted by atomic mass is 28.4. The van der Waals surface area contributed by atoms with Crippen molar-refractivity contribution in [2.45, 2.75) is 65.8 Å². The molecule has 1 heterocycles. The molecule has 22 heavy (non-hydrogen) atoms. The first-order valence-corrected chi connectivity index (χ1v) is 11.3. The monoisotopic (exact) mass is 319 g/mol. The van der Waals surface area contributed by atoms with E-state index in [4.69, 9.17) is 4.43 Å². The molecular weight excluding hydrogens is 286 g/mol. The minimum Gasteiger partial charge on any atom is -0.416 e. The van der Waals surface area contributed by atoms with Crippen molar-refractivity contribution in [2.24, 2.45) is 5.41 Å². The maximum Gasteiger partial charge on any atom is 0.192 e. The van der Waals surface area contributed by atoms with Crippen LogP contribution in [0.25, 0.3) is 0 Å². The quantitative estimate of drug-likeness (QED) is 0.704. The van der Waals surface area contributed by atoms with Gasteiger partial charge in [-0.1, -0.05) is 58.9 Å². The molecule has 0 aromatic heterocycles. The Morgan fingerprint density at radius 1 is 1.00 bits per heavy atom. The van der Waals surface area contributed by atoms with Crippen molar-refractivity contribution in [1.82, 2.24) is 4.90 Å². The largest absolute Gasteiger partial charge is 0.416 e. The van der Waals surface area contributed by atoms with E-state index in [0.717, 1.165) is 26.2 Å². The number of hydrogen-bond acceptors (Lipinski definition) is 2. The van der Waals surface area contributed by atoms with E-state index in [-0.39, 0.29) is 10.5 Å². The van der Waals surface area contributed by atoms with Gasteiger partial charge in [0.1, 0.15) is 0 Å². The molecule has 0 N–H and O–H groups in total. The van der Waals surface area contributed by atoms with E-state index >= 15 is 0 Å². The molecule has 0 unspecified atom stereocenters. The van der Waals surface area contributed by atoms with Gasteiger partial charge in [0.2, 0.25) is 0 Å². The van der Waals surface area contributed by atoms with Crippen molar-refractivity contribution in [3.8, 4) is 0 Å². The minimum absolute atomic E-state index is 0.192. The Morgan fingerprint density at radius 3 is 1.95 bits per heavy atom. The highest BCUT2D eigenvalue weighted by Gasteiger charge is 2.38. The molecule has 2 nitrogen and oxygen atoms in total. The van der Waals surface area contributed by atoms with E-state index in [1.54, 1.807) is 0 Å². The zero-order chi connectivity index (χ0) is 16.6. The molecule has 0 saturated carbocycles. The highest BCUT2D eigenvalue weighted by Crippen LogP contribution is 2.38. The molecule has 0 atom stereocenters. The van der Waals surface area contributed by atoms with Crippen LogP contribution in [0.15, 0.2) is 24.3 Å². The SMILES string of the molecule is CC(C)(CO[Si](C)(C)C(C)(C)C)CN1Cc2ccccc2C1. The average Bonchev–Trinajstić information content (AvgIpc) is 2.76. The van der Waals surface area contributed by atoms with Gasteiger partial charge in [0.05, 0.1) is 0 Å². The Hall–Kier alpha value is -0.643. The van der Waals surface area contributed by atoms with Gasteiger partial charge in [-0.25, -0.2) is 0 Å². The molecular formula is C19H33NOSi. The Balaban J connectivity index is 1.90. The minimum atomic E-state index is -1.65. The molecule has 0 amide bonds. The maximum absolute atomic E-state index is 6.46. The van der Waals surface area contributed by atoms with E-state index in [1.807, 2.05) is 0 Å². The van der Waals surface area contributed by atoms with Gasteiger partial charge in [-0.15, -0.1) is 0 Å². The molecule has 0 radical (unpaired) electrons. The van der Waals surface area contributed by atoms with Crippen LogP contribution in [0.1, 0.15) is 45.7 Å². The number of nitrogens with zero attached hydrogens (tertiary/aromatic N) is 1. The smallest absolute Gasteiger partial charge is 0.192 e. The number of rotatable bonds is 5. The third-order valence-corrected chi connectivity index (χ3v) is 9.67. The molecule has 0 spiro atoms. The van der Waals surface area contributed by atoms with Crippen molar-refractivity contribution in [3.05, 3.63) is 35.4 Å². The van der Waals surface area contributed by atoms with Gasteiger partial charge in [-0.3, -0.25) is 4.90 Å². The van der Waals surface area contributed by atoms with E-state index in [1.165, 1.54) is 11.1 Å². The fourth-order valence-electron chi connectivity index (χ4n) is 2.76. The van der Waals surface area contributed by atoms with Gasteiger partial charge in [-0.05, 0) is 34.7 Å². The predicted molar refractivity (Wildman–Crippen MR) is 97.5 cm³/mol. The standard InChI is InChI=1S/C19H33NOSi/c1-18(2,3)22(6,7)21-15-19(4,5)14-20-12-16-10-8-9-11-17(16)13-20/h8-11H,12-15H2,1-7H3. The zero-order valence-electron chi connectivity index (χ0n) is 15.5. The molecule has 3 heteroatoms. The summed E-state index contributed by atoms with van der Waals surface area (Å²) < 4.78 is 6.46. The number of fused-ring (bicyclic) bond motifs is 1. The summed E-state index contributed by atoms with van der Waals surface area (Å²) in [6, 6.07) is 8.81. The van der Waals surface area contributed by atoms with Crippen LogP contribution < -0.4 is 0 Å². The van der Waals surface area contributed by atoms with E-state index in [9.17, 15) is 0 Å². The number of benzene rings is 1. The van der Waals surface area contributed by atoms with Crippen molar-refractivity contribution < 1.29 is 4.43 Å². The van der Waals surface area contributed by atoms with E-state index < -0.39 is 8.32 Å². The van der Waals surface area contributed by atoms with Gasteiger partial charge in [0.15, 0.2) is 8.32 Å². The van der Waals surface area contributed by atoms with Crippen LogP contribution in [-0.2, 0) is 17.5 Å². The summed E-state index contributed by atoms with van der Waals surface area (Å²) in [4.78, 5) is 2.56. The van der Waals surface area contributed by atoms with Crippen LogP contribution in [-0.4, -0.2) is 26.4 Å². The molecule has 124 valence electrons. The average molecular weight is 320 g/mol. The van der Waals surface area contributed by atoms with Crippen molar-refractivity contribution in [2.75, 3.05) is 13.2 Å². The lowest BCUT2D eigenvalue weighted by Gasteiger charge is -2.40. The summed E-state index contributed by atoms with van der Waals surface area (Å²) in [6.45, 7) is 20.4. The van der Waals surface area contributed by atoms with E-state index in [0.29, 0.717) is 0 Å². The third-order valence-electron chi connectivity index (χ3n) is 5.19. The predicted octanol–water partition coefficient (Wildman–Crippen LogP) is 5.05. The lowest BCUT2D eigenvalue weighted by atomic mass is 9.94. The first-order valence-electron chi connectivity index (χ1n) is 8.43. The first kappa shape index (κ1) is 17.7. The normalized spacial score (nSPS) is 16.9. The highest BCUT2D eigenvalue weighted by molar-refractivity contribution is 6.74. The molecule has 1 aromatic carbocycles. The van der Waals surface area contributed by atoms with Crippen molar-refractivity contribution >= 4 is 8.32 Å². The third kappa shape index (κ3) is 4.21. The van der Waals surface area contributed by atoms with Crippen LogP contribution in [0, 0.1) is 5.41 Å². The molecule has 1 aromatic rings. The van der Waals surface area contributed by atoms with Crippen LogP contribution in [0.4, 0.5) is 0 Å². The van der Waals surface area contributed by atoms with E-state index in [2.05, 4.69) is 76.9 Å². The Labute approximate surface area is 138 Å². The summed E-state index contributed by atoms with van der Waals surface area (Å²) >= 11 is 0. The summed E-state index contributed by atoms with van der Waals surface area (Å²) in [6.07, 6.45) is 0. The van der Waals surface area contributed by atoms with Crippen molar-refractivity contribution in [3.63, 3.8) is 0 Å². The van der Waals surface area contributed by atoms with Crippen molar-refractivity contribution in [1.29, 1.82) is 0 Å². The fraction of sp³-hybridized carbons (Fsp3) is 0.684. The lowest BCUT2D eigenvalue weighted by Crippen LogP contribution is -2.45. The molecule has 0 aliphatic carbocycles. The van der Waals surface area contributed by atoms with Gasteiger partial charge >= 0.3 is 0 Å². The molecule has 0 saturated heterocycles. The van der Waals surface area contributed by atoms with Crippen LogP contribution in [0.3, 0.4) is 0 Å². The summed E-state index contributed by atoms with van der Waals surface area (Å²) in [5.41, 5.74) is 3.17. The molecule has 1 aliphatic heterocycles. The Kier molecular flexibility index (Phi) is 4.91. The maximum atomic E-state index is 6.46. The topological polar surface area (TPSA) is 12.5 Å². The zero-order valence-corrected chi connectivity index (χ0v) is 16.5. The lowest BCUT2D eigenvalue weighted by molar-refractivity contribution is 0.107. The molecule has 0 fully saturated rings. The van der Waals surface area contributed by atoms with Crippen LogP contribution >= 0.6 is 0 Å².